The number of fused-ring (bicyclic) bond motifs is 2. The number of aromatic nitrogens is 4. The smallest absolute Gasteiger partial charge is 0.330 e. The van der Waals surface area contributed by atoms with Gasteiger partial charge in [0.25, 0.3) is 5.56 Å². The predicted octanol–water partition coefficient (Wildman–Crippen LogP) is -1.55. The molecule has 0 aromatic carbocycles. The number of nitrogens with two attached hydrogens (primary N) is 1. The molecule has 14 nitrogen and oxygen atoms in total. The first-order valence-electron chi connectivity index (χ1n) is 9.17. The molecule has 1 amide bonds. The highest BCUT2D eigenvalue weighted by atomic mass is 32.2. The second kappa shape index (κ2) is 9.34. The van der Waals surface area contributed by atoms with E-state index in [1.807, 2.05) is 0 Å². The van der Waals surface area contributed by atoms with Gasteiger partial charge in [0.2, 0.25) is 11.9 Å². The molecule has 2 fully saturated rings. The normalized spacial score (nSPS) is 28.0. The Morgan fingerprint density at radius 2 is 2.32 bits per heavy atom. The molecular formula is C15H21N6O8PS. The number of nitrogens with one attached hydrogen (secondary N) is 2. The summed E-state index contributed by atoms with van der Waals surface area (Å²) in [5, 5.41) is 13.7. The van der Waals surface area contributed by atoms with Crippen LogP contribution in [0.25, 0.3) is 11.2 Å². The van der Waals surface area contributed by atoms with Crippen molar-refractivity contribution in [3.8, 4) is 0 Å². The molecule has 0 aliphatic carbocycles. The van der Waals surface area contributed by atoms with Crippen molar-refractivity contribution in [3.05, 3.63) is 10.4 Å². The maximum atomic E-state index is 12.3. The lowest BCUT2D eigenvalue weighted by molar-refractivity contribution is -0.118. The minimum atomic E-state index is -2.13. The average molecular weight is 476 g/mol. The number of hydrogen-bond donors (Lipinski definition) is 5. The second-order valence-electron chi connectivity index (χ2n) is 6.68. The molecule has 4 heterocycles. The highest BCUT2D eigenvalue weighted by molar-refractivity contribution is 7.99. The second-order valence-corrected chi connectivity index (χ2v) is 8.57. The van der Waals surface area contributed by atoms with E-state index in [-0.39, 0.29) is 40.5 Å². The third-order valence-electron chi connectivity index (χ3n) is 4.62. The number of rotatable bonds is 7. The summed E-state index contributed by atoms with van der Waals surface area (Å²) < 4.78 is 22.5. The van der Waals surface area contributed by atoms with Crippen LogP contribution >= 0.6 is 20.4 Å². The topological polar surface area (TPSA) is 196 Å². The Hall–Kier alpha value is -1.84. The van der Waals surface area contributed by atoms with E-state index in [1.165, 1.54) is 11.7 Å². The number of anilines is 1. The maximum absolute atomic E-state index is 12.3. The van der Waals surface area contributed by atoms with E-state index in [1.54, 1.807) is 0 Å². The number of methoxy groups -OCH3 is 1. The molecule has 5 unspecified atom stereocenters. The number of nitrogens with zero attached hydrogens (tertiary/aromatic N) is 3. The van der Waals surface area contributed by atoms with Gasteiger partial charge in [-0.05, 0) is 0 Å². The number of carbonyl (C=O) groups excluding carboxylic acids is 1. The Balaban J connectivity index is 1.65. The monoisotopic (exact) mass is 476 g/mol. The van der Waals surface area contributed by atoms with Crippen molar-refractivity contribution in [1.29, 1.82) is 0 Å². The van der Waals surface area contributed by atoms with E-state index < -0.39 is 38.7 Å². The minimum absolute atomic E-state index is 0.0162. The molecule has 2 aromatic heterocycles. The quantitative estimate of drug-likeness (QED) is 0.176. The van der Waals surface area contributed by atoms with Crippen LogP contribution in [0.1, 0.15) is 6.23 Å². The van der Waals surface area contributed by atoms with Gasteiger partial charge in [-0.2, -0.15) is 4.98 Å². The van der Waals surface area contributed by atoms with Gasteiger partial charge in [-0.1, -0.05) is 11.8 Å². The number of amides is 1. The van der Waals surface area contributed by atoms with Gasteiger partial charge in [0.1, 0.15) is 18.3 Å². The summed E-state index contributed by atoms with van der Waals surface area (Å²) in [5.41, 5.74) is 5.18. The van der Waals surface area contributed by atoms with E-state index in [9.17, 15) is 19.6 Å². The zero-order valence-corrected chi connectivity index (χ0v) is 18.0. The molecule has 0 saturated carbocycles. The van der Waals surface area contributed by atoms with Gasteiger partial charge in [0.05, 0.1) is 19.0 Å². The first-order chi connectivity index (χ1) is 14.9. The fourth-order valence-corrected chi connectivity index (χ4v) is 4.91. The predicted molar refractivity (Wildman–Crippen MR) is 108 cm³/mol. The van der Waals surface area contributed by atoms with E-state index in [0.717, 1.165) is 11.8 Å². The van der Waals surface area contributed by atoms with Gasteiger partial charge in [-0.15, -0.1) is 0 Å². The van der Waals surface area contributed by atoms with Crippen LogP contribution in [0.5, 0.6) is 0 Å². The van der Waals surface area contributed by atoms with Crippen LogP contribution in [-0.2, 0) is 23.3 Å². The lowest BCUT2D eigenvalue weighted by atomic mass is 10.1. The molecule has 0 spiro atoms. The molecule has 2 aliphatic rings. The van der Waals surface area contributed by atoms with Crippen LogP contribution in [0.2, 0.25) is 0 Å². The van der Waals surface area contributed by atoms with Gasteiger partial charge < -0.3 is 39.6 Å². The molecule has 5 atom stereocenters. The third kappa shape index (κ3) is 4.54. The van der Waals surface area contributed by atoms with E-state index in [0.29, 0.717) is 13.2 Å². The Bertz CT molecular complexity index is 1020. The number of imidazole rings is 1. The van der Waals surface area contributed by atoms with E-state index in [2.05, 4.69) is 20.3 Å². The number of carbonyl (C=O) groups is 1. The van der Waals surface area contributed by atoms with Gasteiger partial charge in [-0.3, -0.25) is 19.1 Å². The molecule has 4 rings (SSSR count). The molecule has 0 radical (unpaired) electrons. The zero-order valence-electron chi connectivity index (χ0n) is 16.3. The molecule has 16 heteroatoms. The Morgan fingerprint density at radius 3 is 3.10 bits per heavy atom. The van der Waals surface area contributed by atoms with Crippen LogP contribution in [-0.4, -0.2) is 86.4 Å². The van der Waals surface area contributed by atoms with Gasteiger partial charge >= 0.3 is 8.60 Å². The summed E-state index contributed by atoms with van der Waals surface area (Å²) in [6.45, 7) is 0.737. The minimum Gasteiger partial charge on any atom is -0.386 e. The highest BCUT2D eigenvalue weighted by Crippen LogP contribution is 2.47. The van der Waals surface area contributed by atoms with Crippen molar-refractivity contribution in [3.63, 3.8) is 0 Å². The van der Waals surface area contributed by atoms with Crippen molar-refractivity contribution < 1.29 is 33.3 Å². The fraction of sp³-hybridized carbons (Fsp3) is 0.600. The number of hydrogen-bond acceptors (Lipinski definition) is 12. The largest absolute Gasteiger partial charge is 0.386 e. The van der Waals surface area contributed by atoms with E-state index >= 15 is 0 Å². The van der Waals surface area contributed by atoms with Crippen molar-refractivity contribution in [1.82, 2.24) is 24.8 Å². The summed E-state index contributed by atoms with van der Waals surface area (Å²) in [6.07, 6.45) is -3.78. The standard InChI is InChI=1S/C15H21N6O8PS/c1-26-3-2-17-7(22)5-31-15-18-8-11(19-14(16)20-12(8)24)21(15)13-9(23)10-6(28-13)4-27-30(25)29-10/h6,9-10,13,23,25H,2-5H2,1H3,(H,17,22)(H3,16,19,20,24). The summed E-state index contributed by atoms with van der Waals surface area (Å²) >= 11 is 1.03. The highest BCUT2D eigenvalue weighted by Gasteiger charge is 2.50. The number of aliphatic hydroxyl groups is 1. The number of ether oxygens (including phenoxy) is 2. The van der Waals surface area contributed by atoms with Gasteiger partial charge in [-0.25, -0.2) is 4.98 Å². The first kappa shape index (κ1) is 22.4. The zero-order chi connectivity index (χ0) is 22.1. The fourth-order valence-electron chi connectivity index (χ4n) is 3.25. The van der Waals surface area contributed by atoms with Crippen LogP contribution in [0.4, 0.5) is 5.95 Å². The van der Waals surface area contributed by atoms with Crippen LogP contribution in [0.3, 0.4) is 0 Å². The van der Waals surface area contributed by atoms with Crippen LogP contribution < -0.4 is 16.6 Å². The van der Waals surface area contributed by atoms with Crippen molar-refractivity contribution in [2.24, 2.45) is 0 Å². The molecule has 6 N–H and O–H groups in total. The van der Waals surface area contributed by atoms with Crippen molar-refractivity contribution in [2.45, 2.75) is 29.7 Å². The average Bonchev–Trinajstić information content (AvgIpc) is 3.24. The summed E-state index contributed by atoms with van der Waals surface area (Å²) in [4.78, 5) is 44.8. The van der Waals surface area contributed by atoms with Crippen LogP contribution in [0, 0.1) is 0 Å². The molecule has 2 saturated heterocycles. The third-order valence-corrected chi connectivity index (χ3v) is 6.37. The molecular weight excluding hydrogens is 455 g/mol. The molecule has 31 heavy (non-hydrogen) atoms. The number of aromatic amines is 1. The maximum Gasteiger partial charge on any atom is 0.330 e. The molecule has 0 bridgehead atoms. The molecule has 2 aromatic rings. The summed E-state index contributed by atoms with van der Waals surface area (Å²) in [5.74, 6) is -0.431. The Labute approximate surface area is 180 Å². The van der Waals surface area contributed by atoms with Gasteiger partial charge in [0, 0.05) is 13.7 Å². The first-order valence-corrected chi connectivity index (χ1v) is 11.3. The Morgan fingerprint density at radius 1 is 1.52 bits per heavy atom. The van der Waals surface area contributed by atoms with E-state index in [4.69, 9.17) is 24.3 Å². The summed E-state index contributed by atoms with van der Waals surface area (Å²) in [6, 6.07) is 0. The molecule has 170 valence electrons. The number of nitrogen functional groups attached to an aromatic ring is 1. The lowest BCUT2D eigenvalue weighted by Gasteiger charge is -2.27. The Kier molecular flexibility index (Phi) is 6.74. The van der Waals surface area contributed by atoms with Crippen molar-refractivity contribution >= 4 is 43.4 Å². The van der Waals surface area contributed by atoms with Crippen LogP contribution in [0.15, 0.2) is 9.95 Å². The number of aliphatic hydroxyl groups excluding tert-OH is 1. The van der Waals surface area contributed by atoms with Gasteiger partial charge in [0.15, 0.2) is 22.5 Å². The lowest BCUT2D eigenvalue weighted by Crippen LogP contribution is -2.38. The van der Waals surface area contributed by atoms with Crippen molar-refractivity contribution in [2.75, 3.05) is 38.4 Å². The number of thioether (sulfide) groups is 1. The summed E-state index contributed by atoms with van der Waals surface area (Å²) in [7, 11) is -0.599. The SMILES string of the molecule is COCCNC(=O)CSc1nc2c(=O)[nH]c(N)nc2n1C1OC2COP(O)OC2C1O. The molecule has 2 aliphatic heterocycles. The number of H-pyrrole nitrogens is 1.